The molecule has 0 radical (unpaired) electrons. The van der Waals surface area contributed by atoms with Gasteiger partial charge < -0.3 is 15.2 Å². The van der Waals surface area contributed by atoms with Crippen molar-refractivity contribution in [3.8, 4) is 0 Å². The van der Waals surface area contributed by atoms with Gasteiger partial charge in [-0.15, -0.1) is 0 Å². The molecule has 0 aromatic carbocycles. The molecule has 1 aromatic heterocycles. The summed E-state index contributed by atoms with van der Waals surface area (Å²) in [5, 5.41) is 11.5. The van der Waals surface area contributed by atoms with Crippen molar-refractivity contribution in [2.24, 2.45) is 0 Å². The Morgan fingerprint density at radius 3 is 3.11 bits per heavy atom. The fourth-order valence-electron chi connectivity index (χ4n) is 1.81. The number of amides is 3. The number of aromatic nitrogens is 1. The average Bonchev–Trinajstić information content (AvgIpc) is 2.61. The molecule has 2 heterocycles. The van der Waals surface area contributed by atoms with Crippen LogP contribution in [-0.2, 0) is 4.79 Å². The summed E-state index contributed by atoms with van der Waals surface area (Å²) < 4.78 is 4.82. The second-order valence-electron chi connectivity index (χ2n) is 4.26. The summed E-state index contributed by atoms with van der Waals surface area (Å²) in [6, 6.07) is 0.665. The highest BCUT2D eigenvalue weighted by Crippen LogP contribution is 2.08. The molecule has 0 saturated carbocycles. The first-order chi connectivity index (χ1) is 8.65. The van der Waals surface area contributed by atoms with Crippen LogP contribution in [0.1, 0.15) is 25.0 Å². The molecule has 1 aliphatic rings. The lowest BCUT2D eigenvalue weighted by Gasteiger charge is -2.14. The van der Waals surface area contributed by atoms with Gasteiger partial charge in [0.25, 0.3) is 0 Å². The van der Waals surface area contributed by atoms with E-state index in [1.54, 1.807) is 13.0 Å². The Bertz CT molecular complexity index is 443. The van der Waals surface area contributed by atoms with Crippen molar-refractivity contribution in [1.29, 1.82) is 0 Å². The summed E-state index contributed by atoms with van der Waals surface area (Å²) >= 11 is 0. The van der Waals surface area contributed by atoms with E-state index in [0.717, 1.165) is 12.8 Å². The average molecular weight is 252 g/mol. The molecular formula is C11H16N4O3. The van der Waals surface area contributed by atoms with Crippen molar-refractivity contribution >= 4 is 17.8 Å². The van der Waals surface area contributed by atoms with Gasteiger partial charge in [-0.25, -0.2) is 4.79 Å². The number of carbonyl (C=O) groups excluding carboxylic acids is 2. The minimum atomic E-state index is -0.486. The van der Waals surface area contributed by atoms with Crippen LogP contribution in [0.15, 0.2) is 10.6 Å². The zero-order chi connectivity index (χ0) is 13.0. The second kappa shape index (κ2) is 5.52. The van der Waals surface area contributed by atoms with Gasteiger partial charge in [-0.05, 0) is 26.2 Å². The third-order valence-electron chi connectivity index (χ3n) is 2.71. The molecule has 0 aliphatic carbocycles. The number of carbonyl (C=O) groups is 2. The van der Waals surface area contributed by atoms with Gasteiger partial charge in [-0.2, -0.15) is 0 Å². The predicted octanol–water partition coefficient (Wildman–Crippen LogP) is 0.773. The normalized spacial score (nSPS) is 19.8. The number of rotatable bonds is 2. The van der Waals surface area contributed by atoms with Crippen LogP contribution in [0, 0.1) is 6.92 Å². The molecule has 1 aliphatic heterocycles. The highest BCUT2D eigenvalue weighted by molar-refractivity contribution is 5.93. The molecule has 1 fully saturated rings. The fraction of sp³-hybridized carbons (Fsp3) is 0.545. The van der Waals surface area contributed by atoms with E-state index >= 15 is 0 Å². The Morgan fingerprint density at radius 2 is 2.39 bits per heavy atom. The summed E-state index contributed by atoms with van der Waals surface area (Å²) in [5.74, 6) is 0.801. The standard InChI is InChI=1S/C11H16N4O3/c1-7-6-9(15-18-7)14-11(17)13-8-4-2-3-5-12-10(8)16/h6,8H,2-5H2,1H3,(H,12,16)(H2,13,14,15,17). The van der Waals surface area contributed by atoms with Crippen LogP contribution >= 0.6 is 0 Å². The van der Waals surface area contributed by atoms with Gasteiger partial charge in [-0.3, -0.25) is 10.1 Å². The van der Waals surface area contributed by atoms with Gasteiger partial charge in [0.15, 0.2) is 5.82 Å². The van der Waals surface area contributed by atoms with Crippen LogP contribution in [0.2, 0.25) is 0 Å². The minimum Gasteiger partial charge on any atom is -0.360 e. The van der Waals surface area contributed by atoms with E-state index in [1.165, 1.54) is 0 Å². The molecule has 3 amide bonds. The number of aryl methyl sites for hydroxylation is 1. The van der Waals surface area contributed by atoms with E-state index in [1.807, 2.05) is 0 Å². The van der Waals surface area contributed by atoms with Crippen LogP contribution in [0.4, 0.5) is 10.6 Å². The monoisotopic (exact) mass is 252 g/mol. The summed E-state index contributed by atoms with van der Waals surface area (Å²) in [7, 11) is 0. The van der Waals surface area contributed by atoms with Crippen molar-refractivity contribution in [2.45, 2.75) is 32.2 Å². The van der Waals surface area contributed by atoms with Gasteiger partial charge in [0, 0.05) is 12.6 Å². The molecule has 3 N–H and O–H groups in total. The van der Waals surface area contributed by atoms with E-state index in [0.29, 0.717) is 24.5 Å². The number of nitrogens with one attached hydrogen (secondary N) is 3. The van der Waals surface area contributed by atoms with Crippen LogP contribution < -0.4 is 16.0 Å². The Morgan fingerprint density at radius 1 is 1.56 bits per heavy atom. The fourth-order valence-corrected chi connectivity index (χ4v) is 1.81. The quantitative estimate of drug-likeness (QED) is 0.724. The molecule has 1 saturated heterocycles. The molecule has 98 valence electrons. The third-order valence-corrected chi connectivity index (χ3v) is 2.71. The lowest BCUT2D eigenvalue weighted by molar-refractivity contribution is -0.122. The van der Waals surface area contributed by atoms with Gasteiger partial charge in [0.1, 0.15) is 11.8 Å². The van der Waals surface area contributed by atoms with Crippen LogP contribution in [0.25, 0.3) is 0 Å². The molecule has 7 heteroatoms. The highest BCUT2D eigenvalue weighted by Gasteiger charge is 2.22. The molecular weight excluding hydrogens is 236 g/mol. The van der Waals surface area contributed by atoms with Gasteiger partial charge in [-0.1, -0.05) is 5.16 Å². The predicted molar refractivity (Wildman–Crippen MR) is 64.0 cm³/mol. The van der Waals surface area contributed by atoms with Crippen molar-refractivity contribution in [3.63, 3.8) is 0 Å². The van der Waals surface area contributed by atoms with Gasteiger partial charge in [0.2, 0.25) is 5.91 Å². The Labute approximate surface area is 104 Å². The molecule has 0 bridgehead atoms. The first-order valence-electron chi connectivity index (χ1n) is 5.94. The summed E-state index contributed by atoms with van der Waals surface area (Å²) in [6.07, 6.45) is 2.50. The zero-order valence-electron chi connectivity index (χ0n) is 10.2. The second-order valence-corrected chi connectivity index (χ2v) is 4.26. The number of hydrogen-bond acceptors (Lipinski definition) is 4. The molecule has 18 heavy (non-hydrogen) atoms. The van der Waals surface area contributed by atoms with Crippen molar-refractivity contribution in [1.82, 2.24) is 15.8 Å². The Balaban J connectivity index is 1.88. The number of urea groups is 1. The summed E-state index contributed by atoms with van der Waals surface area (Å²) in [4.78, 5) is 23.3. The highest BCUT2D eigenvalue weighted by atomic mass is 16.5. The molecule has 0 spiro atoms. The van der Waals surface area contributed by atoms with E-state index < -0.39 is 12.1 Å². The van der Waals surface area contributed by atoms with Crippen LogP contribution in [0.5, 0.6) is 0 Å². The molecule has 1 aromatic rings. The van der Waals surface area contributed by atoms with Gasteiger partial charge in [0.05, 0.1) is 0 Å². The lowest BCUT2D eigenvalue weighted by Crippen LogP contribution is -2.47. The minimum absolute atomic E-state index is 0.140. The van der Waals surface area contributed by atoms with Crippen LogP contribution in [-0.4, -0.2) is 29.7 Å². The van der Waals surface area contributed by atoms with E-state index in [9.17, 15) is 9.59 Å². The summed E-state index contributed by atoms with van der Waals surface area (Å²) in [5.41, 5.74) is 0. The van der Waals surface area contributed by atoms with E-state index in [-0.39, 0.29) is 5.91 Å². The van der Waals surface area contributed by atoms with E-state index in [2.05, 4.69) is 21.1 Å². The first-order valence-corrected chi connectivity index (χ1v) is 5.94. The smallest absolute Gasteiger partial charge is 0.321 e. The largest absolute Gasteiger partial charge is 0.360 e. The van der Waals surface area contributed by atoms with Crippen molar-refractivity contribution in [2.75, 3.05) is 11.9 Å². The first kappa shape index (κ1) is 12.4. The molecule has 7 nitrogen and oxygen atoms in total. The molecule has 2 rings (SSSR count). The Hall–Kier alpha value is -2.05. The van der Waals surface area contributed by atoms with Crippen LogP contribution in [0.3, 0.4) is 0 Å². The van der Waals surface area contributed by atoms with E-state index in [4.69, 9.17) is 4.52 Å². The van der Waals surface area contributed by atoms with Crippen molar-refractivity contribution < 1.29 is 14.1 Å². The van der Waals surface area contributed by atoms with Gasteiger partial charge >= 0.3 is 6.03 Å². The maximum atomic E-state index is 11.7. The maximum absolute atomic E-state index is 11.7. The zero-order valence-corrected chi connectivity index (χ0v) is 10.2. The molecule has 1 atom stereocenters. The topological polar surface area (TPSA) is 96.3 Å². The number of hydrogen-bond donors (Lipinski definition) is 3. The maximum Gasteiger partial charge on any atom is 0.321 e. The summed E-state index contributed by atoms with van der Waals surface area (Å²) in [6.45, 7) is 2.40. The lowest BCUT2D eigenvalue weighted by atomic mass is 10.1. The Kier molecular flexibility index (Phi) is 3.81. The molecule has 1 unspecified atom stereocenters. The number of anilines is 1. The van der Waals surface area contributed by atoms with Crippen molar-refractivity contribution in [3.05, 3.63) is 11.8 Å². The SMILES string of the molecule is Cc1cc(NC(=O)NC2CCCCNC2=O)no1. The third kappa shape index (κ3) is 3.22. The number of nitrogens with zero attached hydrogens (tertiary/aromatic N) is 1.